The second-order valence-corrected chi connectivity index (χ2v) is 19.0. The van der Waals surface area contributed by atoms with Crippen LogP contribution in [0.25, 0.3) is 0 Å². The fraction of sp³-hybridized carbons (Fsp3) is 0.683. The van der Waals surface area contributed by atoms with Gasteiger partial charge in [0.15, 0.2) is 9.84 Å². The zero-order valence-corrected chi connectivity index (χ0v) is 30.7. The Morgan fingerprint density at radius 1 is 0.900 bits per heavy atom. The minimum absolute atomic E-state index is 0.125. The van der Waals surface area contributed by atoms with Crippen LogP contribution in [0.3, 0.4) is 0 Å². The van der Waals surface area contributed by atoms with Crippen molar-refractivity contribution in [3.8, 4) is 0 Å². The molecule has 6 atom stereocenters. The number of methoxy groups -OCH3 is 1. The van der Waals surface area contributed by atoms with Gasteiger partial charge in [-0.3, -0.25) is 4.79 Å². The maximum Gasteiger partial charge on any atom is 0.305 e. The lowest BCUT2D eigenvalue weighted by Gasteiger charge is -2.54. The molecule has 9 heteroatoms. The van der Waals surface area contributed by atoms with Gasteiger partial charge < -0.3 is 19.4 Å². The third-order valence-electron chi connectivity index (χ3n) is 14.2. The molecule has 3 unspecified atom stereocenters. The Balaban J connectivity index is 0.916. The van der Waals surface area contributed by atoms with E-state index in [9.17, 15) is 17.6 Å². The second kappa shape index (κ2) is 14.1. The van der Waals surface area contributed by atoms with Gasteiger partial charge in [-0.15, -0.1) is 0 Å². The standard InChI is InChI=1S/C41H56FN3O4S/c1-49-40(46)23-31-5-2-8-38(31)41(28-44-17-4-18-44,34-6-3-7-35(42)24-34)33-15-19-43(20-16-33)25-30-26-45(27-30)36-11-13-37(14-12-36)50(47,48)39-22-29-9-10-32(39)21-29/h3,6-7,11-14,24,29-33,38-39H,2,4-5,8-10,15-23,25-28H2,1H3/t29?,31-,32?,38+,39?,41+/m1/s1. The molecule has 6 fully saturated rings. The van der Waals surface area contributed by atoms with Crippen LogP contribution in [0.2, 0.25) is 0 Å². The van der Waals surface area contributed by atoms with Gasteiger partial charge in [0, 0.05) is 49.6 Å². The summed E-state index contributed by atoms with van der Waals surface area (Å²) in [7, 11) is -1.76. The van der Waals surface area contributed by atoms with Gasteiger partial charge in [-0.1, -0.05) is 25.0 Å². The van der Waals surface area contributed by atoms with Crippen molar-refractivity contribution in [2.45, 2.75) is 86.2 Å². The highest BCUT2D eigenvalue weighted by molar-refractivity contribution is 7.92. The van der Waals surface area contributed by atoms with Gasteiger partial charge in [-0.05, 0) is 149 Å². The highest BCUT2D eigenvalue weighted by Gasteiger charge is 2.53. The number of benzene rings is 2. The Morgan fingerprint density at radius 3 is 2.32 bits per heavy atom. The Morgan fingerprint density at radius 2 is 1.68 bits per heavy atom. The van der Waals surface area contributed by atoms with E-state index in [1.54, 1.807) is 6.07 Å². The summed E-state index contributed by atoms with van der Waals surface area (Å²) < 4.78 is 47.0. The molecule has 0 amide bonds. The molecule has 50 heavy (non-hydrogen) atoms. The Bertz CT molecular complexity index is 1620. The predicted molar refractivity (Wildman–Crippen MR) is 194 cm³/mol. The average molecular weight is 706 g/mol. The number of nitrogens with zero attached hydrogens (tertiary/aromatic N) is 3. The molecule has 2 aromatic carbocycles. The van der Waals surface area contributed by atoms with Gasteiger partial charge in [-0.2, -0.15) is 0 Å². The van der Waals surface area contributed by atoms with Crippen LogP contribution in [0.4, 0.5) is 10.1 Å². The van der Waals surface area contributed by atoms with Gasteiger partial charge in [-0.25, -0.2) is 12.8 Å². The molecule has 0 aromatic heterocycles. The molecule has 6 aliphatic rings. The van der Waals surface area contributed by atoms with E-state index in [-0.39, 0.29) is 28.4 Å². The minimum atomic E-state index is -3.25. The van der Waals surface area contributed by atoms with Gasteiger partial charge in [0.1, 0.15) is 5.82 Å². The largest absolute Gasteiger partial charge is 0.469 e. The van der Waals surface area contributed by atoms with E-state index in [1.807, 2.05) is 36.4 Å². The van der Waals surface area contributed by atoms with Crippen LogP contribution in [0.15, 0.2) is 53.4 Å². The SMILES string of the molecule is COC(=O)C[C@H]1CCC[C@@H]1[C@](CN1CCC1)(c1cccc(F)c1)C1CCN(CC2CN(c3ccc(S(=O)(=O)C4CC5CCC4C5)cc3)C2)CC1. The van der Waals surface area contributed by atoms with E-state index in [0.717, 1.165) is 115 Å². The monoisotopic (exact) mass is 705 g/mol. The van der Waals surface area contributed by atoms with Crippen molar-refractivity contribution in [2.24, 2.45) is 35.5 Å². The lowest BCUT2D eigenvalue weighted by molar-refractivity contribution is -0.142. The van der Waals surface area contributed by atoms with Crippen molar-refractivity contribution in [1.29, 1.82) is 0 Å². The van der Waals surface area contributed by atoms with Crippen molar-refractivity contribution in [3.63, 3.8) is 0 Å². The van der Waals surface area contributed by atoms with Crippen molar-refractivity contribution < 1.29 is 22.3 Å². The van der Waals surface area contributed by atoms with Crippen LogP contribution in [-0.2, 0) is 24.8 Å². The molecule has 7 nitrogen and oxygen atoms in total. The average Bonchev–Trinajstić information content (AvgIpc) is 3.85. The molecular weight excluding hydrogens is 650 g/mol. The molecule has 3 saturated carbocycles. The van der Waals surface area contributed by atoms with Gasteiger partial charge in [0.05, 0.1) is 17.3 Å². The molecule has 8 rings (SSSR count). The number of rotatable bonds is 12. The summed E-state index contributed by atoms with van der Waals surface area (Å²) >= 11 is 0. The number of carbonyl (C=O) groups is 1. The number of fused-ring (bicyclic) bond motifs is 2. The quantitative estimate of drug-likeness (QED) is 0.232. The Kier molecular flexibility index (Phi) is 9.79. The summed E-state index contributed by atoms with van der Waals surface area (Å²) in [5.41, 5.74) is 2.07. The number of piperidine rings is 1. The number of carbonyl (C=O) groups excluding carboxylic acids is 1. The number of hydrogen-bond acceptors (Lipinski definition) is 7. The van der Waals surface area contributed by atoms with Gasteiger partial charge >= 0.3 is 5.97 Å². The first-order chi connectivity index (χ1) is 24.2. The van der Waals surface area contributed by atoms with Crippen molar-refractivity contribution in [3.05, 3.63) is 59.9 Å². The summed E-state index contributed by atoms with van der Waals surface area (Å²) in [6, 6.07) is 15.2. The molecule has 2 aromatic rings. The van der Waals surface area contributed by atoms with Crippen LogP contribution in [0.1, 0.15) is 76.2 Å². The van der Waals surface area contributed by atoms with Crippen molar-refractivity contribution >= 4 is 21.5 Å². The Hall–Kier alpha value is -2.49. The third-order valence-corrected chi connectivity index (χ3v) is 16.5. The molecule has 3 saturated heterocycles. The van der Waals surface area contributed by atoms with Crippen LogP contribution in [0, 0.1) is 41.3 Å². The maximum absolute atomic E-state index is 15.0. The van der Waals surface area contributed by atoms with E-state index < -0.39 is 9.84 Å². The summed E-state index contributed by atoms with van der Waals surface area (Å²) in [6.45, 7) is 8.31. The lowest BCUT2D eigenvalue weighted by Crippen LogP contribution is -2.58. The van der Waals surface area contributed by atoms with E-state index in [0.29, 0.717) is 40.9 Å². The van der Waals surface area contributed by atoms with Gasteiger partial charge in [0.25, 0.3) is 0 Å². The molecule has 0 N–H and O–H groups in total. The number of esters is 1. The highest BCUT2D eigenvalue weighted by Crippen LogP contribution is 2.54. The molecule has 3 aliphatic heterocycles. The highest BCUT2D eigenvalue weighted by atomic mass is 32.2. The van der Waals surface area contributed by atoms with E-state index in [4.69, 9.17) is 4.74 Å². The number of anilines is 1. The second-order valence-electron chi connectivity index (χ2n) is 16.9. The third kappa shape index (κ3) is 6.53. The van der Waals surface area contributed by atoms with Crippen LogP contribution >= 0.6 is 0 Å². The summed E-state index contributed by atoms with van der Waals surface area (Å²) in [5.74, 6) is 2.29. The van der Waals surface area contributed by atoms with Crippen molar-refractivity contribution in [1.82, 2.24) is 9.80 Å². The lowest BCUT2D eigenvalue weighted by atomic mass is 9.56. The first kappa shape index (κ1) is 34.6. The maximum atomic E-state index is 15.0. The first-order valence-corrected chi connectivity index (χ1v) is 21.1. The normalized spacial score (nSPS) is 30.6. The molecular formula is C41H56FN3O4S. The van der Waals surface area contributed by atoms with Gasteiger partial charge in [0.2, 0.25) is 0 Å². The summed E-state index contributed by atoms with van der Waals surface area (Å²) in [5, 5.41) is -0.182. The van der Waals surface area contributed by atoms with Crippen molar-refractivity contribution in [2.75, 3.05) is 64.4 Å². The molecule has 0 radical (unpaired) electrons. The summed E-state index contributed by atoms with van der Waals surface area (Å²) in [6.07, 6.45) is 11.3. The topological polar surface area (TPSA) is 70.2 Å². The number of likely N-dealkylation sites (tertiary alicyclic amines) is 2. The number of halogens is 1. The minimum Gasteiger partial charge on any atom is -0.469 e. The van der Waals surface area contributed by atoms with E-state index in [1.165, 1.54) is 20.0 Å². The fourth-order valence-electron chi connectivity index (χ4n) is 11.5. The summed E-state index contributed by atoms with van der Waals surface area (Å²) in [4.78, 5) is 20.7. The van der Waals surface area contributed by atoms with E-state index >= 15 is 0 Å². The first-order valence-electron chi connectivity index (χ1n) is 19.6. The molecule has 2 bridgehead atoms. The smallest absolute Gasteiger partial charge is 0.305 e. The molecule has 3 aliphatic carbocycles. The fourth-order valence-corrected chi connectivity index (χ4v) is 13.7. The molecule has 0 spiro atoms. The van der Waals surface area contributed by atoms with Crippen LogP contribution in [0.5, 0.6) is 0 Å². The predicted octanol–water partition coefficient (Wildman–Crippen LogP) is 6.56. The number of hydrogen-bond donors (Lipinski definition) is 0. The zero-order chi connectivity index (χ0) is 34.5. The van der Waals surface area contributed by atoms with Crippen LogP contribution in [-0.4, -0.2) is 88.9 Å². The Labute approximate surface area is 298 Å². The zero-order valence-electron chi connectivity index (χ0n) is 29.9. The van der Waals surface area contributed by atoms with E-state index in [2.05, 4.69) is 20.8 Å². The molecule has 3 heterocycles. The number of ether oxygens (including phenoxy) is 1. The van der Waals surface area contributed by atoms with Crippen LogP contribution < -0.4 is 4.90 Å². The molecule has 272 valence electrons. The number of sulfone groups is 1.